The van der Waals surface area contributed by atoms with Crippen molar-refractivity contribution in [3.63, 3.8) is 0 Å². The zero-order valence-electron chi connectivity index (χ0n) is 11.4. The van der Waals surface area contributed by atoms with Crippen molar-refractivity contribution < 1.29 is 9.53 Å². The van der Waals surface area contributed by atoms with Gasteiger partial charge < -0.3 is 4.74 Å². The van der Waals surface area contributed by atoms with Gasteiger partial charge in [0.15, 0.2) is 5.78 Å². The van der Waals surface area contributed by atoms with Gasteiger partial charge in [0.1, 0.15) is 11.5 Å². The van der Waals surface area contributed by atoms with Crippen molar-refractivity contribution in [2.45, 2.75) is 26.2 Å². The molecule has 2 rings (SSSR count). The van der Waals surface area contributed by atoms with Crippen LogP contribution in [-0.2, 0) is 0 Å². The van der Waals surface area contributed by atoms with Gasteiger partial charge in [0, 0.05) is 17.0 Å². The lowest BCUT2D eigenvalue weighted by Gasteiger charge is -2.06. The first-order valence-corrected chi connectivity index (χ1v) is 7.13. The number of Topliss-reactive ketones (excluding diaryl/α,β-unsaturated/α-hetero) is 1. The maximum Gasteiger partial charge on any atom is 0.162 e. The van der Waals surface area contributed by atoms with Crippen LogP contribution in [0.25, 0.3) is 0 Å². The second kappa shape index (κ2) is 7.11. The quantitative estimate of drug-likeness (QED) is 0.656. The number of carbonyl (C=O) groups is 1. The van der Waals surface area contributed by atoms with Gasteiger partial charge in [-0.05, 0) is 55.0 Å². The molecule has 0 radical (unpaired) electrons. The first-order chi connectivity index (χ1) is 9.69. The third-order valence-corrected chi connectivity index (χ3v) is 3.24. The van der Waals surface area contributed by atoms with E-state index in [1.54, 1.807) is 12.1 Å². The van der Waals surface area contributed by atoms with E-state index in [0.717, 1.165) is 24.2 Å². The van der Waals surface area contributed by atoms with Crippen molar-refractivity contribution in [1.29, 1.82) is 0 Å². The minimum absolute atomic E-state index is 0.185. The Morgan fingerprint density at radius 3 is 2.10 bits per heavy atom. The molecule has 2 nitrogen and oxygen atoms in total. The van der Waals surface area contributed by atoms with Crippen LogP contribution >= 0.6 is 11.6 Å². The molecule has 0 aliphatic heterocycles. The lowest BCUT2D eigenvalue weighted by Crippen LogP contribution is -1.98. The van der Waals surface area contributed by atoms with Gasteiger partial charge in [-0.3, -0.25) is 4.79 Å². The molecular weight excluding hydrogens is 272 g/mol. The van der Waals surface area contributed by atoms with E-state index in [9.17, 15) is 4.79 Å². The number of benzene rings is 2. The van der Waals surface area contributed by atoms with Gasteiger partial charge in [0.2, 0.25) is 0 Å². The van der Waals surface area contributed by atoms with Gasteiger partial charge in [-0.15, -0.1) is 0 Å². The van der Waals surface area contributed by atoms with E-state index in [4.69, 9.17) is 16.3 Å². The monoisotopic (exact) mass is 288 g/mol. The number of ketones is 1. The Balaban J connectivity index is 2.01. The largest absolute Gasteiger partial charge is 0.457 e. The van der Waals surface area contributed by atoms with Crippen LogP contribution in [0.2, 0.25) is 5.02 Å². The summed E-state index contributed by atoms with van der Waals surface area (Å²) in [6.07, 6.45) is 2.57. The molecule has 20 heavy (non-hydrogen) atoms. The molecule has 0 heterocycles. The number of halogens is 1. The Labute approximate surface area is 124 Å². The van der Waals surface area contributed by atoms with Crippen LogP contribution in [0.15, 0.2) is 48.5 Å². The molecule has 0 bridgehead atoms. The van der Waals surface area contributed by atoms with Crippen LogP contribution in [0.5, 0.6) is 11.5 Å². The van der Waals surface area contributed by atoms with E-state index in [1.807, 2.05) is 36.4 Å². The molecule has 2 aromatic carbocycles. The molecular formula is C17H17ClO2. The molecule has 0 saturated heterocycles. The maximum atomic E-state index is 11.9. The lowest BCUT2D eigenvalue weighted by atomic mass is 10.1. The summed E-state index contributed by atoms with van der Waals surface area (Å²) in [5, 5.41) is 0.675. The van der Waals surface area contributed by atoms with E-state index < -0.39 is 0 Å². The lowest BCUT2D eigenvalue weighted by molar-refractivity contribution is 0.0980. The topological polar surface area (TPSA) is 26.3 Å². The van der Waals surface area contributed by atoms with Crippen molar-refractivity contribution in [1.82, 2.24) is 0 Å². The third-order valence-electron chi connectivity index (χ3n) is 2.98. The predicted molar refractivity (Wildman–Crippen MR) is 81.8 cm³/mol. The highest BCUT2D eigenvalue weighted by atomic mass is 35.5. The molecule has 3 heteroatoms. The molecule has 0 fully saturated rings. The highest BCUT2D eigenvalue weighted by Crippen LogP contribution is 2.23. The predicted octanol–water partition coefficient (Wildman–Crippen LogP) is 5.51. The molecule has 2 aromatic rings. The number of rotatable bonds is 6. The van der Waals surface area contributed by atoms with Crippen LogP contribution in [0.4, 0.5) is 0 Å². The summed E-state index contributed by atoms with van der Waals surface area (Å²) < 4.78 is 5.68. The fourth-order valence-corrected chi connectivity index (χ4v) is 1.96. The van der Waals surface area contributed by atoms with Crippen molar-refractivity contribution in [3.8, 4) is 11.5 Å². The molecule has 0 aliphatic rings. The van der Waals surface area contributed by atoms with E-state index in [0.29, 0.717) is 17.2 Å². The zero-order valence-corrected chi connectivity index (χ0v) is 12.2. The van der Waals surface area contributed by atoms with Gasteiger partial charge in [-0.25, -0.2) is 0 Å². The van der Waals surface area contributed by atoms with E-state index in [-0.39, 0.29) is 5.78 Å². The summed E-state index contributed by atoms with van der Waals surface area (Å²) in [7, 11) is 0. The van der Waals surface area contributed by atoms with Gasteiger partial charge >= 0.3 is 0 Å². The van der Waals surface area contributed by atoms with Crippen LogP contribution in [0.3, 0.4) is 0 Å². The standard InChI is InChI=1S/C17H17ClO2/c1-2-3-4-17(19)13-5-9-15(10-6-13)20-16-11-7-14(18)8-12-16/h5-12H,2-4H2,1H3. The van der Waals surface area contributed by atoms with Crippen molar-refractivity contribution in [3.05, 3.63) is 59.1 Å². The normalized spacial score (nSPS) is 10.3. The Morgan fingerprint density at radius 2 is 1.55 bits per heavy atom. The minimum atomic E-state index is 0.185. The summed E-state index contributed by atoms with van der Waals surface area (Å²) in [5.74, 6) is 1.61. The van der Waals surface area contributed by atoms with Crippen LogP contribution < -0.4 is 4.74 Å². The summed E-state index contributed by atoms with van der Waals surface area (Å²) in [5.41, 5.74) is 0.738. The molecule has 0 aliphatic carbocycles. The Hall–Kier alpha value is -1.80. The van der Waals surface area contributed by atoms with Crippen LogP contribution in [-0.4, -0.2) is 5.78 Å². The molecule has 0 amide bonds. The van der Waals surface area contributed by atoms with Crippen molar-refractivity contribution >= 4 is 17.4 Å². The summed E-state index contributed by atoms with van der Waals surface area (Å²) in [6, 6.07) is 14.4. The summed E-state index contributed by atoms with van der Waals surface area (Å²) in [6.45, 7) is 2.08. The zero-order chi connectivity index (χ0) is 14.4. The second-order valence-corrected chi connectivity index (χ2v) is 5.04. The highest BCUT2D eigenvalue weighted by molar-refractivity contribution is 6.30. The summed E-state index contributed by atoms with van der Waals surface area (Å²) in [4.78, 5) is 11.9. The SMILES string of the molecule is CCCCC(=O)c1ccc(Oc2ccc(Cl)cc2)cc1. The Kier molecular flexibility index (Phi) is 5.19. The molecule has 0 atom stereocenters. The Morgan fingerprint density at radius 1 is 1.00 bits per heavy atom. The highest BCUT2D eigenvalue weighted by Gasteiger charge is 2.05. The average molecular weight is 289 g/mol. The van der Waals surface area contributed by atoms with Crippen LogP contribution in [0, 0.1) is 0 Å². The smallest absolute Gasteiger partial charge is 0.162 e. The fraction of sp³-hybridized carbons (Fsp3) is 0.235. The molecule has 0 saturated carbocycles. The molecule has 0 N–H and O–H groups in total. The average Bonchev–Trinajstić information content (AvgIpc) is 2.48. The van der Waals surface area contributed by atoms with E-state index >= 15 is 0 Å². The molecule has 0 spiro atoms. The first kappa shape index (κ1) is 14.6. The van der Waals surface area contributed by atoms with Crippen LogP contribution in [0.1, 0.15) is 36.5 Å². The van der Waals surface area contributed by atoms with Gasteiger partial charge in [0.25, 0.3) is 0 Å². The van der Waals surface area contributed by atoms with Crippen molar-refractivity contribution in [2.24, 2.45) is 0 Å². The molecule has 0 unspecified atom stereocenters. The number of hydrogen-bond acceptors (Lipinski definition) is 2. The number of ether oxygens (including phenoxy) is 1. The van der Waals surface area contributed by atoms with Gasteiger partial charge in [-0.1, -0.05) is 24.9 Å². The fourth-order valence-electron chi connectivity index (χ4n) is 1.83. The number of hydrogen-bond donors (Lipinski definition) is 0. The first-order valence-electron chi connectivity index (χ1n) is 6.75. The number of carbonyl (C=O) groups excluding carboxylic acids is 1. The Bertz CT molecular complexity index is 559. The van der Waals surface area contributed by atoms with E-state index in [2.05, 4.69) is 6.92 Å². The van der Waals surface area contributed by atoms with Crippen molar-refractivity contribution in [2.75, 3.05) is 0 Å². The molecule has 0 aromatic heterocycles. The van der Waals surface area contributed by atoms with Gasteiger partial charge in [0.05, 0.1) is 0 Å². The minimum Gasteiger partial charge on any atom is -0.457 e. The molecule has 104 valence electrons. The maximum absolute atomic E-state index is 11.9. The van der Waals surface area contributed by atoms with Gasteiger partial charge in [-0.2, -0.15) is 0 Å². The third kappa shape index (κ3) is 4.10. The van der Waals surface area contributed by atoms with E-state index in [1.165, 1.54) is 0 Å². The second-order valence-electron chi connectivity index (χ2n) is 4.61. The summed E-state index contributed by atoms with van der Waals surface area (Å²) >= 11 is 5.82. The number of unbranched alkanes of at least 4 members (excludes halogenated alkanes) is 1.